The first-order valence-corrected chi connectivity index (χ1v) is 7.72. The zero-order valence-corrected chi connectivity index (χ0v) is 12.0. The van der Waals surface area contributed by atoms with Gasteiger partial charge in [-0.1, -0.05) is 72.6 Å². The van der Waals surface area contributed by atoms with Crippen molar-refractivity contribution in [3.8, 4) is 0 Å². The van der Waals surface area contributed by atoms with Crippen LogP contribution >= 0.6 is 0 Å². The Morgan fingerprint density at radius 2 is 1.38 bits per heavy atom. The van der Waals surface area contributed by atoms with Gasteiger partial charge in [0.2, 0.25) is 0 Å². The maximum atomic E-state index is 2.52. The third kappa shape index (κ3) is 3.79. The first kappa shape index (κ1) is 14.1. The van der Waals surface area contributed by atoms with Crippen LogP contribution in [0.25, 0.3) is 0 Å². The summed E-state index contributed by atoms with van der Waals surface area (Å²) in [6.07, 6.45) is 11.7. The molecule has 0 aromatic heterocycles. The van der Waals surface area contributed by atoms with Crippen LogP contribution in [0.1, 0.15) is 79.1 Å². The van der Waals surface area contributed by atoms with Gasteiger partial charge in [-0.05, 0) is 30.1 Å². The highest BCUT2D eigenvalue weighted by Crippen LogP contribution is 2.36. The lowest BCUT2D eigenvalue weighted by Gasteiger charge is -2.29. The first-order valence-electron chi connectivity index (χ1n) is 7.72. The van der Waals surface area contributed by atoms with Crippen molar-refractivity contribution in [3.63, 3.8) is 0 Å². The van der Waals surface area contributed by atoms with E-state index in [2.05, 4.69) is 27.7 Å². The minimum Gasteiger partial charge on any atom is -0.0651 e. The van der Waals surface area contributed by atoms with Crippen molar-refractivity contribution >= 4 is 0 Å². The zero-order valence-electron chi connectivity index (χ0n) is 12.0. The monoisotopic (exact) mass is 224 g/mol. The molecule has 1 saturated carbocycles. The Morgan fingerprint density at radius 1 is 0.750 bits per heavy atom. The summed E-state index contributed by atoms with van der Waals surface area (Å²) < 4.78 is 0. The third-order valence-corrected chi connectivity index (χ3v) is 5.25. The molecule has 96 valence electrons. The molecule has 4 atom stereocenters. The Morgan fingerprint density at radius 3 is 1.94 bits per heavy atom. The third-order valence-electron chi connectivity index (χ3n) is 5.25. The molecule has 0 heteroatoms. The maximum absolute atomic E-state index is 2.52. The predicted octanol–water partition coefficient (Wildman–Crippen LogP) is 5.67. The Labute approximate surface area is 103 Å². The SMILES string of the molecule is CCC1CCCC(CC)C(C)C(CC)CC1. The molecule has 0 N–H and O–H groups in total. The Bertz CT molecular complexity index is 173. The van der Waals surface area contributed by atoms with Crippen molar-refractivity contribution in [2.24, 2.45) is 23.7 Å². The van der Waals surface area contributed by atoms with Gasteiger partial charge in [-0.25, -0.2) is 0 Å². The second-order valence-electron chi connectivity index (χ2n) is 5.98. The summed E-state index contributed by atoms with van der Waals surface area (Å²) in [6.45, 7) is 9.69. The quantitative estimate of drug-likeness (QED) is 0.580. The zero-order chi connectivity index (χ0) is 12.0. The summed E-state index contributed by atoms with van der Waals surface area (Å²) in [5, 5.41) is 0. The van der Waals surface area contributed by atoms with Crippen LogP contribution in [0.2, 0.25) is 0 Å². The van der Waals surface area contributed by atoms with E-state index >= 15 is 0 Å². The fourth-order valence-electron chi connectivity index (χ4n) is 3.73. The van der Waals surface area contributed by atoms with E-state index in [4.69, 9.17) is 0 Å². The van der Waals surface area contributed by atoms with Gasteiger partial charge in [0.1, 0.15) is 0 Å². The van der Waals surface area contributed by atoms with Gasteiger partial charge in [-0.15, -0.1) is 0 Å². The lowest BCUT2D eigenvalue weighted by molar-refractivity contribution is 0.212. The molecule has 1 fully saturated rings. The van der Waals surface area contributed by atoms with Crippen molar-refractivity contribution < 1.29 is 0 Å². The topological polar surface area (TPSA) is 0 Å². The molecule has 0 radical (unpaired) electrons. The molecule has 0 aromatic rings. The van der Waals surface area contributed by atoms with Crippen molar-refractivity contribution in [1.29, 1.82) is 0 Å². The van der Waals surface area contributed by atoms with Gasteiger partial charge in [0.05, 0.1) is 0 Å². The summed E-state index contributed by atoms with van der Waals surface area (Å²) in [6, 6.07) is 0. The van der Waals surface area contributed by atoms with Crippen LogP contribution in [-0.4, -0.2) is 0 Å². The van der Waals surface area contributed by atoms with E-state index in [1.807, 2.05) is 0 Å². The van der Waals surface area contributed by atoms with Crippen molar-refractivity contribution in [2.45, 2.75) is 79.1 Å². The van der Waals surface area contributed by atoms with Gasteiger partial charge in [-0.3, -0.25) is 0 Å². The van der Waals surface area contributed by atoms with E-state index < -0.39 is 0 Å². The molecule has 0 amide bonds. The minimum atomic E-state index is 0.964. The van der Waals surface area contributed by atoms with Crippen LogP contribution in [0.4, 0.5) is 0 Å². The van der Waals surface area contributed by atoms with E-state index in [0.717, 1.165) is 23.7 Å². The molecule has 1 rings (SSSR count). The van der Waals surface area contributed by atoms with Crippen molar-refractivity contribution in [2.75, 3.05) is 0 Å². The van der Waals surface area contributed by atoms with Crippen LogP contribution in [0.3, 0.4) is 0 Å². The van der Waals surface area contributed by atoms with Gasteiger partial charge in [0.15, 0.2) is 0 Å². The molecule has 0 aromatic carbocycles. The Balaban J connectivity index is 2.62. The molecule has 1 aliphatic rings. The lowest BCUT2D eigenvalue weighted by Crippen LogP contribution is -2.20. The average Bonchev–Trinajstić information content (AvgIpc) is 2.38. The normalized spacial score (nSPS) is 37.5. The van der Waals surface area contributed by atoms with E-state index in [1.165, 1.54) is 51.4 Å². The standard InChI is InChI=1S/C16H32/c1-5-14-9-8-10-15(6-2)13(4)16(7-3)12-11-14/h13-16H,5-12H2,1-4H3. The first-order chi connectivity index (χ1) is 7.72. The van der Waals surface area contributed by atoms with Gasteiger partial charge < -0.3 is 0 Å². The Hall–Kier alpha value is 0. The molecule has 0 nitrogen and oxygen atoms in total. The molecule has 4 unspecified atom stereocenters. The highest BCUT2D eigenvalue weighted by molar-refractivity contribution is 4.76. The number of hydrogen-bond donors (Lipinski definition) is 0. The second-order valence-corrected chi connectivity index (χ2v) is 5.98. The van der Waals surface area contributed by atoms with Crippen molar-refractivity contribution in [3.05, 3.63) is 0 Å². The highest BCUT2D eigenvalue weighted by Gasteiger charge is 2.25. The summed E-state index contributed by atoms with van der Waals surface area (Å²) in [7, 11) is 0. The molecule has 0 heterocycles. The maximum Gasteiger partial charge on any atom is -0.0386 e. The van der Waals surface area contributed by atoms with E-state index in [1.54, 1.807) is 0 Å². The predicted molar refractivity (Wildman–Crippen MR) is 73.6 cm³/mol. The van der Waals surface area contributed by atoms with Crippen LogP contribution < -0.4 is 0 Å². The molecule has 1 aliphatic carbocycles. The molecule has 0 aliphatic heterocycles. The van der Waals surface area contributed by atoms with E-state index in [9.17, 15) is 0 Å². The van der Waals surface area contributed by atoms with E-state index in [0.29, 0.717) is 0 Å². The Kier molecular flexibility index (Phi) is 6.46. The van der Waals surface area contributed by atoms with Gasteiger partial charge >= 0.3 is 0 Å². The number of rotatable bonds is 3. The van der Waals surface area contributed by atoms with Crippen LogP contribution in [-0.2, 0) is 0 Å². The summed E-state index contributed by atoms with van der Waals surface area (Å²) in [5.74, 6) is 3.99. The largest absolute Gasteiger partial charge is 0.0651 e. The summed E-state index contributed by atoms with van der Waals surface area (Å²) >= 11 is 0. The summed E-state index contributed by atoms with van der Waals surface area (Å²) in [5.41, 5.74) is 0. The van der Waals surface area contributed by atoms with Crippen molar-refractivity contribution in [1.82, 2.24) is 0 Å². The van der Waals surface area contributed by atoms with Gasteiger partial charge in [0.25, 0.3) is 0 Å². The van der Waals surface area contributed by atoms with Crippen LogP contribution in [0, 0.1) is 23.7 Å². The van der Waals surface area contributed by atoms with Gasteiger partial charge in [-0.2, -0.15) is 0 Å². The summed E-state index contributed by atoms with van der Waals surface area (Å²) in [4.78, 5) is 0. The van der Waals surface area contributed by atoms with Gasteiger partial charge in [0, 0.05) is 0 Å². The highest BCUT2D eigenvalue weighted by atomic mass is 14.3. The van der Waals surface area contributed by atoms with Crippen LogP contribution in [0.15, 0.2) is 0 Å². The van der Waals surface area contributed by atoms with Crippen LogP contribution in [0.5, 0.6) is 0 Å². The molecule has 16 heavy (non-hydrogen) atoms. The minimum absolute atomic E-state index is 0.964. The number of hydrogen-bond acceptors (Lipinski definition) is 0. The molecule has 0 spiro atoms. The molecule has 0 saturated heterocycles. The molecular formula is C16H32. The smallest absolute Gasteiger partial charge is 0.0386 e. The van der Waals surface area contributed by atoms with E-state index in [-0.39, 0.29) is 0 Å². The lowest BCUT2D eigenvalue weighted by atomic mass is 9.77. The fourth-order valence-corrected chi connectivity index (χ4v) is 3.73. The molecule has 0 bridgehead atoms. The fraction of sp³-hybridized carbons (Fsp3) is 1.00. The molecular weight excluding hydrogens is 192 g/mol. The second kappa shape index (κ2) is 7.35. The average molecular weight is 224 g/mol.